The second-order valence-corrected chi connectivity index (χ2v) is 5.18. The molecule has 1 aliphatic rings. The molecule has 0 spiro atoms. The Morgan fingerprint density at radius 2 is 2.11 bits per heavy atom. The molecule has 19 heavy (non-hydrogen) atoms. The second-order valence-electron chi connectivity index (χ2n) is 4.77. The lowest BCUT2D eigenvalue weighted by molar-refractivity contribution is -0.129. The van der Waals surface area contributed by atoms with E-state index in [-0.39, 0.29) is 5.91 Å². The highest BCUT2D eigenvalue weighted by Gasteiger charge is 2.21. The molecule has 0 aromatic heterocycles. The summed E-state index contributed by atoms with van der Waals surface area (Å²) in [7, 11) is 1.64. The highest BCUT2D eigenvalue weighted by atomic mass is 35.5. The predicted octanol–water partition coefficient (Wildman–Crippen LogP) is 2.77. The number of anilines is 1. The zero-order valence-corrected chi connectivity index (χ0v) is 12.0. The molecule has 1 heterocycles. The van der Waals surface area contributed by atoms with Gasteiger partial charge in [-0.15, -0.1) is 0 Å². The van der Waals surface area contributed by atoms with Crippen LogP contribution in [0.25, 0.3) is 0 Å². The quantitative estimate of drug-likeness (QED) is 0.927. The number of ether oxygens (including phenoxy) is 1. The molecule has 0 bridgehead atoms. The van der Waals surface area contributed by atoms with Crippen LogP contribution in [0.1, 0.15) is 19.8 Å². The first-order chi connectivity index (χ1) is 9.10. The number of halogens is 1. The molecule has 104 valence electrons. The van der Waals surface area contributed by atoms with Crippen molar-refractivity contribution in [2.75, 3.05) is 25.5 Å². The molecule has 1 aromatic carbocycles. The standard InChI is InChI=1S/C14H19ClN2O2/c1-10(18)17-7-5-11(6-8-17)16-14-9-12(19-2)3-4-13(14)15/h3-4,9,11,16H,5-8H2,1-2H3. The van der Waals surface area contributed by atoms with Crippen molar-refractivity contribution in [1.29, 1.82) is 0 Å². The Balaban J connectivity index is 1.97. The Morgan fingerprint density at radius 1 is 1.42 bits per heavy atom. The zero-order chi connectivity index (χ0) is 13.8. The average molecular weight is 283 g/mol. The molecule has 1 fully saturated rings. The smallest absolute Gasteiger partial charge is 0.219 e. The van der Waals surface area contributed by atoms with Crippen LogP contribution in [-0.4, -0.2) is 37.0 Å². The van der Waals surface area contributed by atoms with Gasteiger partial charge < -0.3 is 15.0 Å². The minimum Gasteiger partial charge on any atom is -0.497 e. The van der Waals surface area contributed by atoms with E-state index in [0.29, 0.717) is 11.1 Å². The summed E-state index contributed by atoms with van der Waals surface area (Å²) in [6, 6.07) is 5.92. The van der Waals surface area contributed by atoms with Gasteiger partial charge in [0, 0.05) is 32.1 Å². The Kier molecular flexibility index (Phi) is 4.53. The van der Waals surface area contributed by atoms with Crippen molar-refractivity contribution in [2.45, 2.75) is 25.8 Å². The monoisotopic (exact) mass is 282 g/mol. The normalized spacial score (nSPS) is 16.3. The first-order valence-electron chi connectivity index (χ1n) is 6.45. The summed E-state index contributed by atoms with van der Waals surface area (Å²) in [4.78, 5) is 13.1. The van der Waals surface area contributed by atoms with Crippen molar-refractivity contribution in [3.8, 4) is 5.75 Å². The van der Waals surface area contributed by atoms with E-state index in [4.69, 9.17) is 16.3 Å². The van der Waals surface area contributed by atoms with Crippen LogP contribution in [0.3, 0.4) is 0 Å². The molecule has 0 radical (unpaired) electrons. The molecule has 0 saturated carbocycles. The van der Waals surface area contributed by atoms with Gasteiger partial charge in [-0.05, 0) is 25.0 Å². The van der Waals surface area contributed by atoms with Crippen molar-refractivity contribution in [2.24, 2.45) is 0 Å². The molecular weight excluding hydrogens is 264 g/mol. The van der Waals surface area contributed by atoms with Crippen molar-refractivity contribution >= 4 is 23.2 Å². The molecule has 5 heteroatoms. The van der Waals surface area contributed by atoms with Gasteiger partial charge in [0.2, 0.25) is 5.91 Å². The third-order valence-electron chi connectivity index (χ3n) is 3.47. The van der Waals surface area contributed by atoms with Crippen LogP contribution in [0.2, 0.25) is 5.02 Å². The van der Waals surface area contributed by atoms with E-state index in [2.05, 4.69) is 5.32 Å². The lowest BCUT2D eigenvalue weighted by Crippen LogP contribution is -2.41. The van der Waals surface area contributed by atoms with Gasteiger partial charge in [-0.1, -0.05) is 11.6 Å². The molecule has 1 saturated heterocycles. The number of likely N-dealkylation sites (tertiary alicyclic amines) is 1. The van der Waals surface area contributed by atoms with Gasteiger partial charge in [0.15, 0.2) is 0 Å². The van der Waals surface area contributed by atoms with E-state index in [9.17, 15) is 4.79 Å². The zero-order valence-electron chi connectivity index (χ0n) is 11.3. The number of piperidine rings is 1. The summed E-state index contributed by atoms with van der Waals surface area (Å²) in [5, 5.41) is 4.12. The van der Waals surface area contributed by atoms with Gasteiger partial charge in [0.1, 0.15) is 5.75 Å². The Morgan fingerprint density at radius 3 is 2.68 bits per heavy atom. The second kappa shape index (κ2) is 6.15. The Labute approximate surface area is 118 Å². The highest BCUT2D eigenvalue weighted by molar-refractivity contribution is 6.33. The molecule has 2 rings (SSSR count). The minimum atomic E-state index is 0.151. The topological polar surface area (TPSA) is 41.6 Å². The number of nitrogens with one attached hydrogen (secondary N) is 1. The highest BCUT2D eigenvalue weighted by Crippen LogP contribution is 2.28. The van der Waals surface area contributed by atoms with Crippen molar-refractivity contribution < 1.29 is 9.53 Å². The van der Waals surface area contributed by atoms with Gasteiger partial charge in [-0.3, -0.25) is 4.79 Å². The van der Waals surface area contributed by atoms with Crippen LogP contribution in [0.4, 0.5) is 5.69 Å². The van der Waals surface area contributed by atoms with Crippen LogP contribution in [0.5, 0.6) is 5.75 Å². The molecule has 1 amide bonds. The fourth-order valence-electron chi connectivity index (χ4n) is 2.30. The average Bonchev–Trinajstić information content (AvgIpc) is 2.42. The van der Waals surface area contributed by atoms with Gasteiger partial charge in [0.25, 0.3) is 0 Å². The number of benzene rings is 1. The fourth-order valence-corrected chi connectivity index (χ4v) is 2.47. The summed E-state index contributed by atoms with van der Waals surface area (Å²) in [6.45, 7) is 3.22. The maximum atomic E-state index is 11.3. The van der Waals surface area contributed by atoms with E-state index in [1.807, 2.05) is 23.1 Å². The molecule has 0 unspecified atom stereocenters. The van der Waals surface area contributed by atoms with E-state index >= 15 is 0 Å². The van der Waals surface area contributed by atoms with Crippen LogP contribution < -0.4 is 10.1 Å². The summed E-state index contributed by atoms with van der Waals surface area (Å²) >= 11 is 6.17. The third-order valence-corrected chi connectivity index (χ3v) is 3.80. The van der Waals surface area contributed by atoms with Crippen LogP contribution >= 0.6 is 11.6 Å². The summed E-state index contributed by atoms with van der Waals surface area (Å²) in [5.41, 5.74) is 0.891. The van der Waals surface area contributed by atoms with E-state index in [1.54, 1.807) is 14.0 Å². The predicted molar refractivity (Wildman–Crippen MR) is 76.9 cm³/mol. The molecule has 1 N–H and O–H groups in total. The lowest BCUT2D eigenvalue weighted by atomic mass is 10.0. The SMILES string of the molecule is COc1ccc(Cl)c(NC2CCN(C(C)=O)CC2)c1. The number of carbonyl (C=O) groups is 1. The van der Waals surface area contributed by atoms with Crippen molar-refractivity contribution in [3.63, 3.8) is 0 Å². The van der Waals surface area contributed by atoms with Crippen LogP contribution in [0.15, 0.2) is 18.2 Å². The van der Waals surface area contributed by atoms with Crippen molar-refractivity contribution in [3.05, 3.63) is 23.2 Å². The number of carbonyl (C=O) groups excluding carboxylic acids is 1. The molecule has 4 nitrogen and oxygen atoms in total. The van der Waals surface area contributed by atoms with Crippen molar-refractivity contribution in [1.82, 2.24) is 4.90 Å². The summed E-state index contributed by atoms with van der Waals surface area (Å²) in [6.07, 6.45) is 1.88. The molecule has 0 atom stereocenters. The van der Waals surface area contributed by atoms with Gasteiger partial charge in [-0.2, -0.15) is 0 Å². The van der Waals surface area contributed by atoms with E-state index < -0.39 is 0 Å². The lowest BCUT2D eigenvalue weighted by Gasteiger charge is -2.32. The first kappa shape index (κ1) is 14.0. The first-order valence-corrected chi connectivity index (χ1v) is 6.83. The number of hydrogen-bond donors (Lipinski definition) is 1. The summed E-state index contributed by atoms with van der Waals surface area (Å²) in [5.74, 6) is 0.936. The molecule has 1 aromatic rings. The van der Waals surface area contributed by atoms with E-state index in [0.717, 1.165) is 37.4 Å². The maximum absolute atomic E-state index is 11.3. The number of rotatable bonds is 3. The van der Waals surface area contributed by atoms with Crippen LogP contribution in [-0.2, 0) is 4.79 Å². The largest absolute Gasteiger partial charge is 0.497 e. The number of hydrogen-bond acceptors (Lipinski definition) is 3. The third kappa shape index (κ3) is 3.53. The maximum Gasteiger partial charge on any atom is 0.219 e. The number of amides is 1. The van der Waals surface area contributed by atoms with Gasteiger partial charge >= 0.3 is 0 Å². The number of methoxy groups -OCH3 is 1. The van der Waals surface area contributed by atoms with E-state index in [1.165, 1.54) is 0 Å². The fraction of sp³-hybridized carbons (Fsp3) is 0.500. The van der Waals surface area contributed by atoms with Crippen LogP contribution in [0, 0.1) is 0 Å². The molecule has 1 aliphatic heterocycles. The summed E-state index contributed by atoms with van der Waals surface area (Å²) < 4.78 is 5.20. The minimum absolute atomic E-state index is 0.151. The molecular formula is C14H19ClN2O2. The molecule has 0 aliphatic carbocycles. The Hall–Kier alpha value is -1.42. The van der Waals surface area contributed by atoms with Gasteiger partial charge in [-0.25, -0.2) is 0 Å². The number of nitrogens with zero attached hydrogens (tertiary/aromatic N) is 1. The van der Waals surface area contributed by atoms with Gasteiger partial charge in [0.05, 0.1) is 17.8 Å². The Bertz CT molecular complexity index is 457.